The van der Waals surface area contributed by atoms with Gasteiger partial charge in [-0.3, -0.25) is 0 Å². The highest BCUT2D eigenvalue weighted by Gasteiger charge is 2.34. The average molecular weight is 271 g/mol. The van der Waals surface area contributed by atoms with Crippen molar-refractivity contribution in [2.45, 2.75) is 12.6 Å². The molecule has 1 aromatic carbocycles. The minimum absolute atomic E-state index is 0.313. The van der Waals surface area contributed by atoms with Crippen LogP contribution < -0.4 is 10.1 Å². The maximum Gasteiger partial charge on any atom is 0.419 e. The van der Waals surface area contributed by atoms with Gasteiger partial charge < -0.3 is 10.1 Å². The van der Waals surface area contributed by atoms with Crippen molar-refractivity contribution in [3.63, 3.8) is 0 Å². The van der Waals surface area contributed by atoms with Crippen LogP contribution in [0.25, 0.3) is 0 Å². The Balaban J connectivity index is 2.19. The SMILES string of the molecule is O=C(Oc1ccccc1C(F)(F)F)C1=CCCNC1. The molecule has 0 aromatic heterocycles. The molecule has 0 atom stereocenters. The Morgan fingerprint density at radius 1 is 1.26 bits per heavy atom. The molecule has 19 heavy (non-hydrogen) atoms. The molecule has 1 N–H and O–H groups in total. The first-order valence-corrected chi connectivity index (χ1v) is 5.76. The minimum atomic E-state index is -4.55. The van der Waals surface area contributed by atoms with Crippen LogP contribution in [0.1, 0.15) is 12.0 Å². The third-order valence-electron chi connectivity index (χ3n) is 2.68. The van der Waals surface area contributed by atoms with E-state index < -0.39 is 23.5 Å². The lowest BCUT2D eigenvalue weighted by molar-refractivity contribution is -0.141. The first-order valence-electron chi connectivity index (χ1n) is 5.76. The lowest BCUT2D eigenvalue weighted by Crippen LogP contribution is -2.28. The van der Waals surface area contributed by atoms with E-state index in [4.69, 9.17) is 4.74 Å². The zero-order valence-electron chi connectivity index (χ0n) is 9.96. The van der Waals surface area contributed by atoms with E-state index in [1.165, 1.54) is 12.1 Å². The number of hydrogen-bond donors (Lipinski definition) is 1. The fraction of sp³-hybridized carbons (Fsp3) is 0.308. The summed E-state index contributed by atoms with van der Waals surface area (Å²) >= 11 is 0. The van der Waals surface area contributed by atoms with Crippen molar-refractivity contribution in [3.05, 3.63) is 41.5 Å². The number of carbonyl (C=O) groups is 1. The van der Waals surface area contributed by atoms with E-state index in [0.717, 1.165) is 18.7 Å². The van der Waals surface area contributed by atoms with Gasteiger partial charge in [0.05, 0.1) is 5.56 Å². The molecule has 0 fully saturated rings. The molecule has 1 heterocycles. The molecule has 2 rings (SSSR count). The molecule has 0 spiro atoms. The number of esters is 1. The van der Waals surface area contributed by atoms with Gasteiger partial charge in [-0.05, 0) is 25.1 Å². The number of halogens is 3. The fourth-order valence-electron chi connectivity index (χ4n) is 1.75. The summed E-state index contributed by atoms with van der Waals surface area (Å²) in [6, 6.07) is 4.67. The van der Waals surface area contributed by atoms with E-state index in [9.17, 15) is 18.0 Å². The monoisotopic (exact) mass is 271 g/mol. The molecule has 0 saturated heterocycles. The number of carbonyl (C=O) groups excluding carboxylic acids is 1. The second-order valence-corrected chi connectivity index (χ2v) is 4.08. The highest BCUT2D eigenvalue weighted by molar-refractivity contribution is 5.91. The fourth-order valence-corrected chi connectivity index (χ4v) is 1.75. The molecular weight excluding hydrogens is 259 g/mol. The van der Waals surface area contributed by atoms with Gasteiger partial charge in [-0.2, -0.15) is 13.2 Å². The summed E-state index contributed by atoms with van der Waals surface area (Å²) in [7, 11) is 0. The smallest absolute Gasteiger partial charge is 0.419 e. The van der Waals surface area contributed by atoms with Gasteiger partial charge in [0, 0.05) is 12.1 Å². The predicted octanol–water partition coefficient (Wildman–Crippen LogP) is 2.53. The van der Waals surface area contributed by atoms with Crippen LogP contribution in [0.4, 0.5) is 13.2 Å². The van der Waals surface area contributed by atoms with Crippen molar-refractivity contribution in [1.29, 1.82) is 0 Å². The lowest BCUT2D eigenvalue weighted by Gasteiger charge is -2.15. The molecule has 1 aliphatic rings. The van der Waals surface area contributed by atoms with Crippen molar-refractivity contribution in [2.75, 3.05) is 13.1 Å². The van der Waals surface area contributed by atoms with Crippen molar-refractivity contribution < 1.29 is 22.7 Å². The highest BCUT2D eigenvalue weighted by Crippen LogP contribution is 2.36. The number of hydrogen-bond acceptors (Lipinski definition) is 3. The van der Waals surface area contributed by atoms with E-state index in [1.54, 1.807) is 6.08 Å². The molecule has 0 amide bonds. The molecule has 0 bridgehead atoms. The van der Waals surface area contributed by atoms with E-state index >= 15 is 0 Å². The summed E-state index contributed by atoms with van der Waals surface area (Å²) in [5.41, 5.74) is -0.601. The van der Waals surface area contributed by atoms with Crippen LogP contribution in [0.15, 0.2) is 35.9 Å². The minimum Gasteiger partial charge on any atom is -0.422 e. The Labute approximate surface area is 108 Å². The zero-order chi connectivity index (χ0) is 13.9. The van der Waals surface area contributed by atoms with E-state index in [0.29, 0.717) is 18.5 Å². The molecule has 1 aromatic rings. The number of nitrogens with one attached hydrogen (secondary N) is 1. The quantitative estimate of drug-likeness (QED) is 0.663. The summed E-state index contributed by atoms with van der Waals surface area (Å²) in [5, 5.41) is 2.96. The number of rotatable bonds is 2. The van der Waals surface area contributed by atoms with Gasteiger partial charge in [-0.1, -0.05) is 18.2 Å². The normalized spacial score (nSPS) is 15.8. The van der Waals surface area contributed by atoms with Gasteiger partial charge in [-0.25, -0.2) is 4.79 Å². The van der Waals surface area contributed by atoms with E-state index in [2.05, 4.69) is 5.32 Å². The number of ether oxygens (including phenoxy) is 1. The van der Waals surface area contributed by atoms with Crippen LogP contribution in [0.5, 0.6) is 5.75 Å². The van der Waals surface area contributed by atoms with Crippen LogP contribution in [-0.4, -0.2) is 19.1 Å². The van der Waals surface area contributed by atoms with Crippen LogP contribution in [0.3, 0.4) is 0 Å². The summed E-state index contributed by atoms with van der Waals surface area (Å²) in [6.07, 6.45) is -2.21. The van der Waals surface area contributed by atoms with Crippen LogP contribution in [-0.2, 0) is 11.0 Å². The number of alkyl halides is 3. The Morgan fingerprint density at radius 3 is 2.63 bits per heavy atom. The Morgan fingerprint density at radius 2 is 2.00 bits per heavy atom. The second kappa shape index (κ2) is 5.44. The third kappa shape index (κ3) is 3.35. The van der Waals surface area contributed by atoms with Gasteiger partial charge in [-0.15, -0.1) is 0 Å². The largest absolute Gasteiger partial charge is 0.422 e. The standard InChI is InChI=1S/C13H12F3NO2/c14-13(15,16)10-5-1-2-6-11(10)19-12(18)9-4-3-7-17-8-9/h1-2,4-6,17H,3,7-8H2. The Kier molecular flexibility index (Phi) is 3.90. The third-order valence-corrected chi connectivity index (χ3v) is 2.68. The topological polar surface area (TPSA) is 38.3 Å². The van der Waals surface area contributed by atoms with Gasteiger partial charge in [0.15, 0.2) is 0 Å². The van der Waals surface area contributed by atoms with E-state index in [1.807, 2.05) is 0 Å². The summed E-state index contributed by atoms with van der Waals surface area (Å²) in [4.78, 5) is 11.7. The average Bonchev–Trinajstić information content (AvgIpc) is 2.39. The van der Waals surface area contributed by atoms with Crippen LogP contribution >= 0.6 is 0 Å². The summed E-state index contributed by atoms with van der Waals surface area (Å²) in [5.74, 6) is -1.21. The van der Waals surface area contributed by atoms with Gasteiger partial charge in [0.1, 0.15) is 5.75 Å². The Hall–Kier alpha value is -1.82. The summed E-state index contributed by atoms with van der Waals surface area (Å²) < 4.78 is 43.0. The number of benzene rings is 1. The van der Waals surface area contributed by atoms with Crippen molar-refractivity contribution in [1.82, 2.24) is 5.32 Å². The molecule has 0 aliphatic carbocycles. The van der Waals surface area contributed by atoms with E-state index in [-0.39, 0.29) is 0 Å². The van der Waals surface area contributed by atoms with Crippen LogP contribution in [0.2, 0.25) is 0 Å². The molecule has 1 aliphatic heterocycles. The van der Waals surface area contributed by atoms with Gasteiger partial charge in [0.25, 0.3) is 0 Å². The van der Waals surface area contributed by atoms with Gasteiger partial charge >= 0.3 is 12.1 Å². The number of para-hydroxylation sites is 1. The molecular formula is C13H12F3NO2. The maximum atomic E-state index is 12.7. The summed E-state index contributed by atoms with van der Waals surface area (Å²) in [6.45, 7) is 1.06. The predicted molar refractivity (Wildman–Crippen MR) is 62.6 cm³/mol. The van der Waals surface area contributed by atoms with Gasteiger partial charge in [0.2, 0.25) is 0 Å². The van der Waals surface area contributed by atoms with Crippen molar-refractivity contribution >= 4 is 5.97 Å². The second-order valence-electron chi connectivity index (χ2n) is 4.08. The molecule has 3 nitrogen and oxygen atoms in total. The van der Waals surface area contributed by atoms with Crippen molar-refractivity contribution in [3.8, 4) is 5.75 Å². The molecule has 0 saturated carbocycles. The maximum absolute atomic E-state index is 12.7. The van der Waals surface area contributed by atoms with Crippen molar-refractivity contribution in [2.24, 2.45) is 0 Å². The molecule has 0 radical (unpaired) electrons. The molecule has 6 heteroatoms. The lowest BCUT2D eigenvalue weighted by atomic mass is 10.1. The zero-order valence-corrected chi connectivity index (χ0v) is 9.96. The molecule has 102 valence electrons. The van der Waals surface area contributed by atoms with Crippen LogP contribution in [0, 0.1) is 0 Å². The first kappa shape index (κ1) is 13.6. The Bertz CT molecular complexity index is 509. The highest BCUT2D eigenvalue weighted by atomic mass is 19.4. The first-order chi connectivity index (χ1) is 8.98. The molecule has 0 unspecified atom stereocenters.